The summed E-state index contributed by atoms with van der Waals surface area (Å²) in [6.07, 6.45) is -0.623. The molecule has 2 N–H and O–H groups in total. The number of nitrogens with one attached hydrogen (secondary N) is 1. The lowest BCUT2D eigenvalue weighted by Crippen LogP contribution is -2.21. The van der Waals surface area contributed by atoms with Gasteiger partial charge in [0.15, 0.2) is 0 Å². The Bertz CT molecular complexity index is 601. The number of rotatable bonds is 6. The molecule has 0 bridgehead atoms. The van der Waals surface area contributed by atoms with Crippen molar-refractivity contribution in [1.82, 2.24) is 5.32 Å². The van der Waals surface area contributed by atoms with Gasteiger partial charge in [-0.15, -0.1) is 0 Å². The first-order chi connectivity index (χ1) is 10.1. The minimum absolute atomic E-state index is 0.436. The molecule has 0 aliphatic rings. The zero-order valence-corrected chi connectivity index (χ0v) is 13.0. The highest BCUT2D eigenvalue weighted by Gasteiger charge is 2.13. The number of ether oxygens (including phenoxy) is 1. The van der Waals surface area contributed by atoms with Gasteiger partial charge < -0.3 is 15.2 Å². The van der Waals surface area contributed by atoms with Gasteiger partial charge in [-0.1, -0.05) is 41.4 Å². The molecule has 0 aliphatic carbocycles. The number of benzene rings is 2. The molecule has 0 heterocycles. The molecule has 2 rings (SSSR count). The molecule has 112 valence electrons. The monoisotopic (exact) mass is 305 g/mol. The largest absolute Gasteiger partial charge is 0.496 e. The molecule has 0 aromatic heterocycles. The zero-order chi connectivity index (χ0) is 15.2. The molecule has 0 fully saturated rings. The van der Waals surface area contributed by atoms with E-state index in [0.29, 0.717) is 18.8 Å². The quantitative estimate of drug-likeness (QED) is 0.858. The van der Waals surface area contributed by atoms with Crippen LogP contribution in [-0.4, -0.2) is 18.8 Å². The average molecular weight is 306 g/mol. The van der Waals surface area contributed by atoms with Crippen molar-refractivity contribution < 1.29 is 9.84 Å². The fourth-order valence-electron chi connectivity index (χ4n) is 2.21. The molecule has 0 radical (unpaired) electrons. The lowest BCUT2D eigenvalue weighted by atomic mass is 10.0. The number of hydrogen-bond acceptors (Lipinski definition) is 3. The van der Waals surface area contributed by atoms with Crippen LogP contribution in [0.2, 0.25) is 5.02 Å². The lowest BCUT2D eigenvalue weighted by molar-refractivity contribution is 0.170. The number of aryl methyl sites for hydroxylation is 1. The summed E-state index contributed by atoms with van der Waals surface area (Å²) in [5.74, 6) is 0.702. The van der Waals surface area contributed by atoms with E-state index in [1.165, 1.54) is 0 Å². The molecular formula is C17H20ClNO2. The second-order valence-corrected chi connectivity index (χ2v) is 5.39. The van der Waals surface area contributed by atoms with E-state index in [1.54, 1.807) is 7.11 Å². The van der Waals surface area contributed by atoms with E-state index < -0.39 is 6.10 Å². The molecule has 2 aromatic rings. The van der Waals surface area contributed by atoms with E-state index >= 15 is 0 Å². The van der Waals surface area contributed by atoms with Crippen LogP contribution in [0.1, 0.15) is 22.8 Å². The molecule has 0 saturated carbocycles. The van der Waals surface area contributed by atoms with Gasteiger partial charge in [-0.3, -0.25) is 0 Å². The van der Waals surface area contributed by atoms with Gasteiger partial charge in [0.2, 0.25) is 0 Å². The third-order valence-corrected chi connectivity index (χ3v) is 3.72. The van der Waals surface area contributed by atoms with Crippen LogP contribution in [0.15, 0.2) is 42.5 Å². The smallest absolute Gasteiger partial charge is 0.124 e. The molecule has 0 aliphatic heterocycles. The van der Waals surface area contributed by atoms with Crippen LogP contribution in [0.25, 0.3) is 0 Å². The van der Waals surface area contributed by atoms with E-state index in [0.717, 1.165) is 21.7 Å². The first kappa shape index (κ1) is 15.8. The number of hydrogen-bond donors (Lipinski definition) is 2. The molecule has 2 aromatic carbocycles. The predicted octanol–water partition coefficient (Wildman–Crippen LogP) is 3.48. The molecule has 4 heteroatoms. The van der Waals surface area contributed by atoms with Crippen LogP contribution in [0.4, 0.5) is 0 Å². The van der Waals surface area contributed by atoms with Crippen LogP contribution in [0, 0.1) is 6.92 Å². The normalized spacial score (nSPS) is 12.2. The van der Waals surface area contributed by atoms with E-state index in [-0.39, 0.29) is 0 Å². The second kappa shape index (κ2) is 7.46. The van der Waals surface area contributed by atoms with Crippen molar-refractivity contribution in [3.8, 4) is 5.75 Å². The number of aliphatic hydroxyl groups is 1. The molecule has 3 nitrogen and oxygen atoms in total. The standard InChI is InChI=1S/C17H20ClNO2/c1-12-7-8-17(21-2)14(9-12)16(20)11-19-10-13-5-3-4-6-15(13)18/h3-9,16,19-20H,10-11H2,1-2H3. The topological polar surface area (TPSA) is 41.5 Å². The minimum atomic E-state index is -0.623. The molecule has 1 atom stereocenters. The van der Waals surface area contributed by atoms with Crippen molar-refractivity contribution in [1.29, 1.82) is 0 Å². The molecular weight excluding hydrogens is 286 g/mol. The Morgan fingerprint density at radius 1 is 1.24 bits per heavy atom. The van der Waals surface area contributed by atoms with E-state index in [2.05, 4.69) is 5.32 Å². The minimum Gasteiger partial charge on any atom is -0.496 e. The van der Waals surface area contributed by atoms with Crippen molar-refractivity contribution in [3.63, 3.8) is 0 Å². The number of halogens is 1. The Hall–Kier alpha value is -1.55. The summed E-state index contributed by atoms with van der Waals surface area (Å²) in [6, 6.07) is 13.5. The number of methoxy groups -OCH3 is 1. The van der Waals surface area contributed by atoms with Crippen molar-refractivity contribution in [2.45, 2.75) is 19.6 Å². The van der Waals surface area contributed by atoms with Gasteiger partial charge in [0, 0.05) is 23.7 Å². The fourth-order valence-corrected chi connectivity index (χ4v) is 2.41. The highest BCUT2D eigenvalue weighted by molar-refractivity contribution is 6.31. The van der Waals surface area contributed by atoms with Gasteiger partial charge in [0.25, 0.3) is 0 Å². The van der Waals surface area contributed by atoms with Crippen LogP contribution in [-0.2, 0) is 6.54 Å². The summed E-state index contributed by atoms with van der Waals surface area (Å²) in [5.41, 5.74) is 2.91. The van der Waals surface area contributed by atoms with E-state index in [4.69, 9.17) is 16.3 Å². The molecule has 0 saturated heterocycles. The van der Waals surface area contributed by atoms with Crippen LogP contribution >= 0.6 is 11.6 Å². The highest BCUT2D eigenvalue weighted by Crippen LogP contribution is 2.26. The lowest BCUT2D eigenvalue weighted by Gasteiger charge is -2.16. The first-order valence-corrected chi connectivity index (χ1v) is 7.26. The maximum absolute atomic E-state index is 10.3. The Morgan fingerprint density at radius 3 is 2.71 bits per heavy atom. The summed E-state index contributed by atoms with van der Waals surface area (Å²) in [6.45, 7) is 3.04. The third-order valence-electron chi connectivity index (χ3n) is 3.36. The average Bonchev–Trinajstić information content (AvgIpc) is 2.49. The predicted molar refractivity (Wildman–Crippen MR) is 85.8 cm³/mol. The van der Waals surface area contributed by atoms with Crippen molar-refractivity contribution >= 4 is 11.6 Å². The molecule has 21 heavy (non-hydrogen) atoms. The fraction of sp³-hybridized carbons (Fsp3) is 0.294. The van der Waals surface area contributed by atoms with E-state index in [1.807, 2.05) is 49.4 Å². The van der Waals surface area contributed by atoms with Gasteiger partial charge in [-0.25, -0.2) is 0 Å². The maximum Gasteiger partial charge on any atom is 0.124 e. The number of aliphatic hydroxyl groups excluding tert-OH is 1. The SMILES string of the molecule is COc1ccc(C)cc1C(O)CNCc1ccccc1Cl. The Morgan fingerprint density at radius 2 is 2.00 bits per heavy atom. The maximum atomic E-state index is 10.3. The van der Waals surface area contributed by atoms with Crippen LogP contribution in [0.5, 0.6) is 5.75 Å². The van der Waals surface area contributed by atoms with Gasteiger partial charge in [-0.05, 0) is 30.7 Å². The summed E-state index contributed by atoms with van der Waals surface area (Å²) in [7, 11) is 1.61. The molecule has 1 unspecified atom stereocenters. The van der Waals surface area contributed by atoms with Crippen molar-refractivity contribution in [2.75, 3.05) is 13.7 Å². The molecule has 0 amide bonds. The van der Waals surface area contributed by atoms with Gasteiger partial charge in [0.1, 0.15) is 5.75 Å². The highest BCUT2D eigenvalue weighted by atomic mass is 35.5. The van der Waals surface area contributed by atoms with Crippen molar-refractivity contribution in [2.24, 2.45) is 0 Å². The van der Waals surface area contributed by atoms with Gasteiger partial charge in [-0.2, -0.15) is 0 Å². The Kier molecular flexibility index (Phi) is 5.62. The van der Waals surface area contributed by atoms with Crippen LogP contribution < -0.4 is 10.1 Å². The van der Waals surface area contributed by atoms with Crippen LogP contribution in [0.3, 0.4) is 0 Å². The van der Waals surface area contributed by atoms with Gasteiger partial charge in [0.05, 0.1) is 13.2 Å². The summed E-state index contributed by atoms with van der Waals surface area (Å²) < 4.78 is 5.30. The summed E-state index contributed by atoms with van der Waals surface area (Å²) >= 11 is 6.10. The Balaban J connectivity index is 1.97. The van der Waals surface area contributed by atoms with Crippen molar-refractivity contribution in [3.05, 3.63) is 64.2 Å². The second-order valence-electron chi connectivity index (χ2n) is 4.98. The summed E-state index contributed by atoms with van der Waals surface area (Å²) in [5, 5.41) is 14.3. The first-order valence-electron chi connectivity index (χ1n) is 6.88. The van der Waals surface area contributed by atoms with Gasteiger partial charge >= 0.3 is 0 Å². The third kappa shape index (κ3) is 4.21. The summed E-state index contributed by atoms with van der Waals surface area (Å²) in [4.78, 5) is 0. The van der Waals surface area contributed by atoms with E-state index in [9.17, 15) is 5.11 Å². The Labute approximate surface area is 130 Å². The zero-order valence-electron chi connectivity index (χ0n) is 12.3. The molecule has 0 spiro atoms.